The first-order valence-corrected chi connectivity index (χ1v) is 11.3. The van der Waals surface area contributed by atoms with Crippen molar-refractivity contribution in [3.63, 3.8) is 0 Å². The molecule has 4 nitrogen and oxygen atoms in total. The molecule has 1 saturated carbocycles. The van der Waals surface area contributed by atoms with E-state index in [2.05, 4.69) is 66.5 Å². The van der Waals surface area contributed by atoms with Gasteiger partial charge in [-0.3, -0.25) is 4.79 Å². The Balaban J connectivity index is 1.53. The predicted octanol–water partition coefficient (Wildman–Crippen LogP) is 5.86. The second kappa shape index (κ2) is 7.66. The van der Waals surface area contributed by atoms with Crippen molar-refractivity contribution in [2.75, 3.05) is 0 Å². The molecular weight excluding hydrogens is 476 g/mol. The smallest absolute Gasteiger partial charge is 0.180 e. The van der Waals surface area contributed by atoms with Gasteiger partial charge in [0.15, 0.2) is 5.78 Å². The molecule has 0 saturated heterocycles. The molecule has 4 rings (SSSR count). The summed E-state index contributed by atoms with van der Waals surface area (Å²) in [6, 6.07) is 10.8. The van der Waals surface area contributed by atoms with E-state index in [4.69, 9.17) is 21.6 Å². The molecule has 1 atom stereocenters. The zero-order valence-corrected chi connectivity index (χ0v) is 20.1. The number of hydrogen-bond acceptors (Lipinski definition) is 4. The zero-order valence-electron chi connectivity index (χ0n) is 17.8. The van der Waals surface area contributed by atoms with Crippen molar-refractivity contribution < 1.29 is 9.53 Å². The van der Waals surface area contributed by atoms with Gasteiger partial charge in [-0.25, -0.2) is 4.98 Å². The summed E-state index contributed by atoms with van der Waals surface area (Å²) in [6.07, 6.45) is 0.468. The highest BCUT2D eigenvalue weighted by Gasteiger charge is 2.63. The lowest BCUT2D eigenvalue weighted by atomic mass is 9.46. The van der Waals surface area contributed by atoms with Gasteiger partial charge in [-0.1, -0.05) is 51.1 Å². The highest BCUT2D eigenvalue weighted by Crippen LogP contribution is 2.60. The average molecular weight is 498 g/mol. The van der Waals surface area contributed by atoms with E-state index in [-0.39, 0.29) is 34.6 Å². The van der Waals surface area contributed by atoms with E-state index in [0.717, 1.165) is 10.3 Å². The molecule has 0 spiro atoms. The molecule has 2 aliphatic rings. The second-order valence-electron chi connectivity index (χ2n) is 9.36. The highest BCUT2D eigenvalue weighted by atomic mass is 79.9. The molecule has 1 heterocycles. The standard InChI is InChI=1S/C25H22BrClN2O2/c1-24(2)20(9-6-14-11-19-17(22(14)30)8-10-21(26)29-19)25(3,4)23(24)31-16-7-5-15(13-28)18(27)12-16/h5,7-8,10,12,14,20,23H,11H2,1-4H3. The monoisotopic (exact) mass is 496 g/mol. The molecule has 2 aliphatic carbocycles. The number of ketones is 1. The first-order chi connectivity index (χ1) is 14.6. The van der Waals surface area contributed by atoms with Gasteiger partial charge in [-0.05, 0) is 40.2 Å². The van der Waals surface area contributed by atoms with Crippen LogP contribution in [0, 0.1) is 45.8 Å². The van der Waals surface area contributed by atoms with Gasteiger partial charge >= 0.3 is 0 Å². The zero-order chi connectivity index (χ0) is 22.6. The van der Waals surface area contributed by atoms with Gasteiger partial charge in [-0.2, -0.15) is 5.26 Å². The number of aromatic nitrogens is 1. The fourth-order valence-corrected chi connectivity index (χ4v) is 5.78. The van der Waals surface area contributed by atoms with E-state index in [1.165, 1.54) is 0 Å². The number of Topliss-reactive ketones (excluding diaryl/α,β-unsaturated/α-hetero) is 1. The summed E-state index contributed by atoms with van der Waals surface area (Å²) >= 11 is 9.53. The maximum atomic E-state index is 12.7. The molecule has 1 fully saturated rings. The average Bonchev–Trinajstić information content (AvgIpc) is 3.00. The maximum absolute atomic E-state index is 12.7. The van der Waals surface area contributed by atoms with E-state index in [0.29, 0.717) is 28.3 Å². The maximum Gasteiger partial charge on any atom is 0.180 e. The van der Waals surface area contributed by atoms with Gasteiger partial charge < -0.3 is 4.74 Å². The quantitative estimate of drug-likeness (QED) is 0.385. The van der Waals surface area contributed by atoms with Crippen LogP contribution < -0.4 is 4.74 Å². The van der Waals surface area contributed by atoms with Gasteiger partial charge in [0.2, 0.25) is 0 Å². The van der Waals surface area contributed by atoms with Gasteiger partial charge in [0.1, 0.15) is 22.5 Å². The first kappa shape index (κ1) is 21.9. The Labute approximate surface area is 196 Å². The van der Waals surface area contributed by atoms with Crippen LogP contribution in [0.2, 0.25) is 5.02 Å². The Morgan fingerprint density at radius 3 is 2.52 bits per heavy atom. The number of carbonyl (C=O) groups is 1. The van der Waals surface area contributed by atoms with Crippen LogP contribution in [-0.2, 0) is 6.42 Å². The number of hydrogen-bond donors (Lipinski definition) is 0. The SMILES string of the molecule is CC1(C)C(C#CC2Cc3nc(Br)ccc3C2=O)C(C)(C)C1Oc1ccc(C#N)c(Cl)c1. The Hall–Kier alpha value is -2.34. The minimum absolute atomic E-state index is 0.0532. The lowest BCUT2D eigenvalue weighted by molar-refractivity contribution is -0.172. The largest absolute Gasteiger partial charge is 0.489 e. The van der Waals surface area contributed by atoms with Crippen molar-refractivity contribution in [2.24, 2.45) is 22.7 Å². The van der Waals surface area contributed by atoms with E-state index < -0.39 is 0 Å². The highest BCUT2D eigenvalue weighted by molar-refractivity contribution is 9.10. The third kappa shape index (κ3) is 3.65. The van der Waals surface area contributed by atoms with Crippen molar-refractivity contribution in [1.82, 2.24) is 4.98 Å². The number of fused-ring (bicyclic) bond motifs is 1. The number of halogens is 2. The number of benzene rings is 1. The summed E-state index contributed by atoms with van der Waals surface area (Å²) in [6.45, 7) is 8.55. The molecule has 1 aromatic heterocycles. The number of ether oxygens (including phenoxy) is 1. The topological polar surface area (TPSA) is 63.0 Å². The van der Waals surface area contributed by atoms with Gasteiger partial charge in [0.25, 0.3) is 0 Å². The van der Waals surface area contributed by atoms with E-state index in [1.54, 1.807) is 24.3 Å². The van der Waals surface area contributed by atoms with Gasteiger partial charge in [0.05, 0.1) is 22.2 Å². The Morgan fingerprint density at radius 1 is 1.16 bits per heavy atom. The fraction of sp³-hybridized carbons (Fsp3) is 0.400. The van der Waals surface area contributed by atoms with Crippen LogP contribution in [0.25, 0.3) is 0 Å². The van der Waals surface area contributed by atoms with Crippen LogP contribution in [0.5, 0.6) is 5.75 Å². The van der Waals surface area contributed by atoms with Crippen molar-refractivity contribution in [3.05, 3.63) is 56.8 Å². The molecular formula is C25H22BrClN2O2. The number of carbonyl (C=O) groups excluding carboxylic acids is 1. The molecule has 0 amide bonds. The summed E-state index contributed by atoms with van der Waals surface area (Å²) < 4.78 is 7.04. The molecule has 6 heteroatoms. The van der Waals surface area contributed by atoms with Gasteiger partial charge in [-0.15, -0.1) is 0 Å². The molecule has 158 valence electrons. The second-order valence-corrected chi connectivity index (χ2v) is 10.6. The minimum Gasteiger partial charge on any atom is -0.489 e. The Morgan fingerprint density at radius 2 is 1.87 bits per heavy atom. The van der Waals surface area contributed by atoms with Crippen LogP contribution in [0.3, 0.4) is 0 Å². The molecule has 1 unspecified atom stereocenters. The number of pyridine rings is 1. The molecule has 1 aromatic carbocycles. The van der Waals surface area contributed by atoms with Crippen LogP contribution in [0.4, 0.5) is 0 Å². The number of nitriles is 1. The van der Waals surface area contributed by atoms with Crippen LogP contribution in [-0.4, -0.2) is 16.9 Å². The van der Waals surface area contributed by atoms with E-state index >= 15 is 0 Å². The fourth-order valence-electron chi connectivity index (χ4n) is 5.22. The molecule has 0 radical (unpaired) electrons. The lowest BCUT2D eigenvalue weighted by Crippen LogP contribution is -2.65. The van der Waals surface area contributed by atoms with Crippen molar-refractivity contribution in [3.8, 4) is 23.7 Å². The molecule has 0 aliphatic heterocycles. The Kier molecular flexibility index (Phi) is 5.41. The van der Waals surface area contributed by atoms with E-state index in [9.17, 15) is 4.79 Å². The normalized spacial score (nSPS) is 24.9. The third-order valence-corrected chi connectivity index (χ3v) is 7.23. The molecule has 0 bridgehead atoms. The molecule has 31 heavy (non-hydrogen) atoms. The van der Waals surface area contributed by atoms with Crippen molar-refractivity contribution in [1.29, 1.82) is 5.26 Å². The summed E-state index contributed by atoms with van der Waals surface area (Å²) in [5.41, 5.74) is 1.48. The van der Waals surface area contributed by atoms with Crippen LogP contribution in [0.1, 0.15) is 49.3 Å². The van der Waals surface area contributed by atoms with Crippen molar-refractivity contribution in [2.45, 2.75) is 40.2 Å². The molecule has 0 N–H and O–H groups in total. The van der Waals surface area contributed by atoms with Crippen LogP contribution in [0.15, 0.2) is 34.9 Å². The number of nitrogens with zero attached hydrogens (tertiary/aromatic N) is 2. The first-order valence-electron chi connectivity index (χ1n) is 10.1. The van der Waals surface area contributed by atoms with E-state index in [1.807, 2.05) is 6.07 Å². The summed E-state index contributed by atoms with van der Waals surface area (Å²) in [4.78, 5) is 17.1. The summed E-state index contributed by atoms with van der Waals surface area (Å²) in [5.74, 6) is 7.07. The predicted molar refractivity (Wildman–Crippen MR) is 123 cm³/mol. The summed E-state index contributed by atoms with van der Waals surface area (Å²) in [7, 11) is 0. The van der Waals surface area contributed by atoms with Gasteiger partial charge in [0, 0.05) is 34.8 Å². The minimum atomic E-state index is -0.347. The molecule has 2 aromatic rings. The lowest BCUT2D eigenvalue weighted by Gasteiger charge is -2.61. The number of rotatable bonds is 2. The Bertz CT molecular complexity index is 1170. The summed E-state index contributed by atoms with van der Waals surface area (Å²) in [5, 5.41) is 9.45. The van der Waals surface area contributed by atoms with Crippen LogP contribution >= 0.6 is 27.5 Å². The third-order valence-electron chi connectivity index (χ3n) is 6.48. The van der Waals surface area contributed by atoms with Crippen molar-refractivity contribution >= 4 is 33.3 Å².